The Morgan fingerprint density at radius 1 is 1.30 bits per heavy atom. The second-order valence-electron chi connectivity index (χ2n) is 6.41. The van der Waals surface area contributed by atoms with E-state index in [9.17, 15) is 19.5 Å². The van der Waals surface area contributed by atoms with Gasteiger partial charge in [-0.3, -0.25) is 14.4 Å². The highest BCUT2D eigenvalue weighted by Gasteiger charge is 2.52. The molecule has 3 rings (SSSR count). The molecule has 2 bridgehead atoms. The summed E-state index contributed by atoms with van der Waals surface area (Å²) in [7, 11) is 1.69. The number of carbonyl (C=O) groups excluding carboxylic acids is 2. The predicted molar refractivity (Wildman–Crippen MR) is 69.6 cm³/mol. The lowest BCUT2D eigenvalue weighted by atomic mass is 9.84. The van der Waals surface area contributed by atoms with Gasteiger partial charge in [0.15, 0.2) is 0 Å². The SMILES string of the molecule is CN1CC(C(=O)NC2C3CCC(C3)C2C(=O)O)CC1=O. The lowest BCUT2D eigenvalue weighted by molar-refractivity contribution is -0.145. The van der Waals surface area contributed by atoms with Crippen LogP contribution in [0.4, 0.5) is 0 Å². The average Bonchev–Trinajstić information content (AvgIpc) is 3.05. The quantitative estimate of drug-likeness (QED) is 0.766. The Labute approximate surface area is 117 Å². The number of nitrogens with one attached hydrogen (secondary N) is 1. The molecule has 1 aliphatic heterocycles. The van der Waals surface area contributed by atoms with Gasteiger partial charge in [-0.15, -0.1) is 0 Å². The highest BCUT2D eigenvalue weighted by atomic mass is 16.4. The molecule has 3 fully saturated rings. The lowest BCUT2D eigenvalue weighted by Crippen LogP contribution is -2.48. The smallest absolute Gasteiger partial charge is 0.308 e. The van der Waals surface area contributed by atoms with Crippen LogP contribution in [0.2, 0.25) is 0 Å². The zero-order chi connectivity index (χ0) is 14.4. The van der Waals surface area contributed by atoms with Crippen LogP contribution >= 0.6 is 0 Å². The molecular formula is C14H20N2O4. The van der Waals surface area contributed by atoms with Crippen molar-refractivity contribution in [2.24, 2.45) is 23.7 Å². The van der Waals surface area contributed by atoms with Gasteiger partial charge in [-0.1, -0.05) is 0 Å². The first kappa shape index (κ1) is 13.4. The number of rotatable bonds is 3. The Balaban J connectivity index is 1.66. The van der Waals surface area contributed by atoms with Crippen LogP contribution in [0.3, 0.4) is 0 Å². The summed E-state index contributed by atoms with van der Waals surface area (Å²) < 4.78 is 0. The number of hydrogen-bond acceptors (Lipinski definition) is 3. The van der Waals surface area contributed by atoms with Crippen LogP contribution in [-0.2, 0) is 14.4 Å². The van der Waals surface area contributed by atoms with Crippen molar-refractivity contribution in [3.8, 4) is 0 Å². The Morgan fingerprint density at radius 2 is 2.00 bits per heavy atom. The predicted octanol–water partition coefficient (Wildman–Crippen LogP) is 0.0802. The molecule has 6 heteroatoms. The summed E-state index contributed by atoms with van der Waals surface area (Å²) in [4.78, 5) is 36.7. The van der Waals surface area contributed by atoms with Crippen LogP contribution in [0, 0.1) is 23.7 Å². The van der Waals surface area contributed by atoms with Crippen molar-refractivity contribution in [2.45, 2.75) is 31.7 Å². The molecule has 2 N–H and O–H groups in total. The minimum absolute atomic E-state index is 0.0205. The number of amides is 2. The Morgan fingerprint density at radius 3 is 2.60 bits per heavy atom. The zero-order valence-electron chi connectivity index (χ0n) is 11.5. The van der Waals surface area contributed by atoms with Crippen LogP contribution in [0.25, 0.3) is 0 Å². The largest absolute Gasteiger partial charge is 0.481 e. The van der Waals surface area contributed by atoms with E-state index in [1.807, 2.05) is 0 Å². The first-order valence-corrected chi connectivity index (χ1v) is 7.24. The third-order valence-electron chi connectivity index (χ3n) is 5.22. The van der Waals surface area contributed by atoms with E-state index in [2.05, 4.69) is 5.32 Å². The van der Waals surface area contributed by atoms with E-state index >= 15 is 0 Å². The van der Waals surface area contributed by atoms with E-state index in [0.29, 0.717) is 12.5 Å². The number of nitrogens with zero attached hydrogens (tertiary/aromatic N) is 1. The van der Waals surface area contributed by atoms with E-state index in [1.54, 1.807) is 11.9 Å². The molecule has 2 aliphatic carbocycles. The maximum atomic E-state index is 12.3. The fraction of sp³-hybridized carbons (Fsp3) is 0.786. The molecule has 2 saturated carbocycles. The van der Waals surface area contributed by atoms with E-state index < -0.39 is 11.9 Å². The third kappa shape index (κ3) is 2.07. The second kappa shape index (κ2) is 4.75. The highest BCUT2D eigenvalue weighted by molar-refractivity contribution is 5.89. The van der Waals surface area contributed by atoms with Crippen LogP contribution in [0.15, 0.2) is 0 Å². The Hall–Kier alpha value is -1.59. The van der Waals surface area contributed by atoms with E-state index in [1.165, 1.54) is 0 Å². The second-order valence-corrected chi connectivity index (χ2v) is 6.41. The number of carboxylic acids is 1. The fourth-order valence-corrected chi connectivity index (χ4v) is 4.18. The fourth-order valence-electron chi connectivity index (χ4n) is 4.18. The number of carbonyl (C=O) groups is 3. The molecule has 20 heavy (non-hydrogen) atoms. The molecule has 0 radical (unpaired) electrons. The number of fused-ring (bicyclic) bond motifs is 2. The minimum atomic E-state index is -0.804. The summed E-state index contributed by atoms with van der Waals surface area (Å²) >= 11 is 0. The molecule has 5 unspecified atom stereocenters. The van der Waals surface area contributed by atoms with Crippen LogP contribution < -0.4 is 5.32 Å². The first-order valence-electron chi connectivity index (χ1n) is 7.24. The van der Waals surface area contributed by atoms with Crippen LogP contribution in [0.1, 0.15) is 25.7 Å². The van der Waals surface area contributed by atoms with E-state index in [0.717, 1.165) is 19.3 Å². The van der Waals surface area contributed by atoms with Crippen molar-refractivity contribution in [3.05, 3.63) is 0 Å². The maximum Gasteiger partial charge on any atom is 0.308 e. The molecule has 3 aliphatic rings. The Bertz CT molecular complexity index is 464. The Kier molecular flexibility index (Phi) is 3.18. The molecule has 0 spiro atoms. The van der Waals surface area contributed by atoms with Crippen molar-refractivity contribution in [2.75, 3.05) is 13.6 Å². The molecule has 110 valence electrons. The normalized spacial score (nSPS) is 39.4. The zero-order valence-corrected chi connectivity index (χ0v) is 11.5. The summed E-state index contributed by atoms with van der Waals surface area (Å²) in [5.74, 6) is -1.27. The van der Waals surface area contributed by atoms with Crippen LogP contribution in [-0.4, -0.2) is 47.4 Å². The van der Waals surface area contributed by atoms with Gasteiger partial charge in [-0.2, -0.15) is 0 Å². The number of hydrogen-bond donors (Lipinski definition) is 2. The number of carboxylic acid groups (broad SMARTS) is 1. The van der Waals surface area contributed by atoms with Crippen molar-refractivity contribution in [1.82, 2.24) is 10.2 Å². The number of aliphatic carboxylic acids is 1. The van der Waals surface area contributed by atoms with Gasteiger partial charge in [-0.05, 0) is 31.1 Å². The van der Waals surface area contributed by atoms with Gasteiger partial charge in [0.05, 0.1) is 11.8 Å². The lowest BCUT2D eigenvalue weighted by Gasteiger charge is -2.29. The van der Waals surface area contributed by atoms with Gasteiger partial charge in [0.1, 0.15) is 0 Å². The van der Waals surface area contributed by atoms with Crippen molar-refractivity contribution >= 4 is 17.8 Å². The van der Waals surface area contributed by atoms with Gasteiger partial charge in [0.2, 0.25) is 11.8 Å². The summed E-state index contributed by atoms with van der Waals surface area (Å²) in [5.41, 5.74) is 0. The summed E-state index contributed by atoms with van der Waals surface area (Å²) in [6, 6.07) is -0.250. The van der Waals surface area contributed by atoms with Gasteiger partial charge in [0, 0.05) is 26.1 Å². The molecule has 1 heterocycles. The average molecular weight is 280 g/mol. The van der Waals surface area contributed by atoms with Crippen LogP contribution in [0.5, 0.6) is 0 Å². The van der Waals surface area contributed by atoms with E-state index in [-0.39, 0.29) is 36.1 Å². The molecule has 0 aromatic carbocycles. The summed E-state index contributed by atoms with van der Waals surface area (Å²) in [6.45, 7) is 0.434. The van der Waals surface area contributed by atoms with E-state index in [4.69, 9.17) is 0 Å². The summed E-state index contributed by atoms with van der Waals surface area (Å²) in [5, 5.41) is 12.3. The van der Waals surface area contributed by atoms with Crippen molar-refractivity contribution in [3.63, 3.8) is 0 Å². The maximum absolute atomic E-state index is 12.3. The first-order chi connectivity index (χ1) is 9.47. The molecule has 1 saturated heterocycles. The molecule has 2 amide bonds. The monoisotopic (exact) mass is 280 g/mol. The van der Waals surface area contributed by atoms with Crippen molar-refractivity contribution < 1.29 is 19.5 Å². The molecule has 5 atom stereocenters. The van der Waals surface area contributed by atoms with Gasteiger partial charge in [0.25, 0.3) is 0 Å². The van der Waals surface area contributed by atoms with Gasteiger partial charge < -0.3 is 15.3 Å². The summed E-state index contributed by atoms with van der Waals surface area (Å²) in [6.07, 6.45) is 3.11. The minimum Gasteiger partial charge on any atom is -0.481 e. The van der Waals surface area contributed by atoms with Crippen molar-refractivity contribution in [1.29, 1.82) is 0 Å². The van der Waals surface area contributed by atoms with Gasteiger partial charge in [-0.25, -0.2) is 0 Å². The van der Waals surface area contributed by atoms with Gasteiger partial charge >= 0.3 is 5.97 Å². The molecular weight excluding hydrogens is 260 g/mol. The topological polar surface area (TPSA) is 86.7 Å². The molecule has 6 nitrogen and oxygen atoms in total. The third-order valence-corrected chi connectivity index (χ3v) is 5.22. The standard InChI is InChI=1S/C14H20N2O4/c1-16-6-9(5-10(16)17)13(18)15-12-8-3-2-7(4-8)11(12)14(19)20/h7-9,11-12H,2-6H2,1H3,(H,15,18)(H,19,20). The molecule has 0 aromatic rings. The highest BCUT2D eigenvalue weighted by Crippen LogP contribution is 2.48. The number of likely N-dealkylation sites (tertiary alicyclic amines) is 1. The molecule has 0 aromatic heterocycles.